The summed E-state index contributed by atoms with van der Waals surface area (Å²) in [5, 5.41) is 13.1. The lowest BCUT2D eigenvalue weighted by molar-refractivity contribution is -0.402. The van der Waals surface area contributed by atoms with Crippen LogP contribution in [0.1, 0.15) is 24.3 Å². The summed E-state index contributed by atoms with van der Waals surface area (Å²) in [7, 11) is 1.37. The molecule has 0 radical (unpaired) electrons. The van der Waals surface area contributed by atoms with E-state index in [0.717, 1.165) is 0 Å². The van der Waals surface area contributed by atoms with Crippen LogP contribution in [-0.2, 0) is 4.79 Å². The summed E-state index contributed by atoms with van der Waals surface area (Å²) in [6, 6.07) is 6.54. The molecule has 0 fully saturated rings. The minimum atomic E-state index is -0.669. The van der Waals surface area contributed by atoms with Gasteiger partial charge in [0.05, 0.1) is 19.2 Å². The maximum atomic E-state index is 13.7. The van der Waals surface area contributed by atoms with Crippen LogP contribution in [0.5, 0.6) is 5.75 Å². The van der Waals surface area contributed by atoms with Crippen molar-refractivity contribution in [3.8, 4) is 5.75 Å². The molecule has 1 aromatic heterocycles. The largest absolute Gasteiger partial charge is 0.494 e. The van der Waals surface area contributed by atoms with Gasteiger partial charge in [0.2, 0.25) is 5.91 Å². The second-order valence-corrected chi connectivity index (χ2v) is 4.89. The summed E-state index contributed by atoms with van der Waals surface area (Å²) in [4.78, 5) is 21.7. The van der Waals surface area contributed by atoms with E-state index < -0.39 is 28.6 Å². The van der Waals surface area contributed by atoms with Gasteiger partial charge in [-0.1, -0.05) is 6.07 Å². The lowest BCUT2D eigenvalue weighted by Crippen LogP contribution is -2.24. The number of carbonyl (C=O) groups excluding carboxylic acids is 1. The molecule has 24 heavy (non-hydrogen) atoms. The number of benzene rings is 1. The number of nitro groups is 1. The third kappa shape index (κ3) is 4.19. The summed E-state index contributed by atoms with van der Waals surface area (Å²) in [5.41, 5.74) is 0.573. The number of halogens is 1. The van der Waals surface area contributed by atoms with E-state index in [4.69, 9.17) is 9.15 Å². The first-order valence-corrected chi connectivity index (χ1v) is 6.97. The lowest BCUT2D eigenvalue weighted by atomic mass is 10.1. The molecule has 0 aliphatic heterocycles. The van der Waals surface area contributed by atoms with Gasteiger partial charge in [-0.3, -0.25) is 14.9 Å². The Morgan fingerprint density at radius 1 is 1.42 bits per heavy atom. The average Bonchev–Trinajstić information content (AvgIpc) is 3.02. The Labute approximate surface area is 136 Å². The first kappa shape index (κ1) is 17.2. The van der Waals surface area contributed by atoms with Crippen LogP contribution < -0.4 is 10.1 Å². The van der Waals surface area contributed by atoms with Crippen molar-refractivity contribution < 1.29 is 23.3 Å². The van der Waals surface area contributed by atoms with Crippen LogP contribution >= 0.6 is 0 Å². The first-order valence-electron chi connectivity index (χ1n) is 6.97. The molecule has 2 rings (SSSR count). The third-order valence-electron chi connectivity index (χ3n) is 3.23. The topological polar surface area (TPSA) is 94.6 Å². The first-order chi connectivity index (χ1) is 11.4. The molecule has 8 heteroatoms. The summed E-state index contributed by atoms with van der Waals surface area (Å²) >= 11 is 0. The number of furan rings is 1. The number of nitrogens with zero attached hydrogens (tertiary/aromatic N) is 1. The number of hydrogen-bond donors (Lipinski definition) is 1. The Hall–Kier alpha value is -3.16. The van der Waals surface area contributed by atoms with E-state index in [2.05, 4.69) is 5.32 Å². The number of methoxy groups -OCH3 is 1. The molecular formula is C16H15FN2O5. The van der Waals surface area contributed by atoms with Crippen LogP contribution in [0.3, 0.4) is 0 Å². The molecule has 0 bridgehead atoms. The molecule has 126 valence electrons. The van der Waals surface area contributed by atoms with Gasteiger partial charge in [0.15, 0.2) is 11.6 Å². The average molecular weight is 334 g/mol. The highest BCUT2D eigenvalue weighted by Gasteiger charge is 2.12. The van der Waals surface area contributed by atoms with E-state index in [0.29, 0.717) is 5.56 Å². The molecular weight excluding hydrogens is 319 g/mol. The van der Waals surface area contributed by atoms with Crippen LogP contribution in [0.4, 0.5) is 10.3 Å². The highest BCUT2D eigenvalue weighted by Crippen LogP contribution is 2.22. The van der Waals surface area contributed by atoms with Crippen molar-refractivity contribution in [2.75, 3.05) is 7.11 Å². The molecule has 0 aliphatic carbocycles. The maximum Gasteiger partial charge on any atom is 0.433 e. The van der Waals surface area contributed by atoms with Crippen LogP contribution in [0.15, 0.2) is 40.8 Å². The molecule has 1 atom stereocenters. The fourth-order valence-corrected chi connectivity index (χ4v) is 1.98. The van der Waals surface area contributed by atoms with Crippen LogP contribution in [0.25, 0.3) is 6.08 Å². The number of rotatable bonds is 6. The van der Waals surface area contributed by atoms with Crippen molar-refractivity contribution in [1.29, 1.82) is 0 Å². The number of hydrogen-bond acceptors (Lipinski definition) is 5. The Balaban J connectivity index is 1.99. The van der Waals surface area contributed by atoms with E-state index in [1.807, 2.05) is 0 Å². The molecule has 0 saturated carbocycles. The molecule has 1 amide bonds. The van der Waals surface area contributed by atoms with Gasteiger partial charge >= 0.3 is 5.88 Å². The second-order valence-electron chi connectivity index (χ2n) is 4.89. The van der Waals surface area contributed by atoms with Crippen LogP contribution in [0.2, 0.25) is 0 Å². The molecule has 7 nitrogen and oxygen atoms in total. The van der Waals surface area contributed by atoms with Crippen molar-refractivity contribution in [3.63, 3.8) is 0 Å². The van der Waals surface area contributed by atoms with Gasteiger partial charge in [-0.15, -0.1) is 0 Å². The zero-order valence-corrected chi connectivity index (χ0v) is 13.0. The zero-order chi connectivity index (χ0) is 17.7. The van der Waals surface area contributed by atoms with Gasteiger partial charge in [0.1, 0.15) is 10.7 Å². The van der Waals surface area contributed by atoms with Crippen LogP contribution in [0, 0.1) is 15.9 Å². The van der Waals surface area contributed by atoms with Crippen molar-refractivity contribution in [1.82, 2.24) is 5.32 Å². The summed E-state index contributed by atoms with van der Waals surface area (Å²) in [5.74, 6) is -1.07. The predicted molar refractivity (Wildman–Crippen MR) is 83.9 cm³/mol. The summed E-state index contributed by atoms with van der Waals surface area (Å²) in [6.07, 6.45) is 2.49. The van der Waals surface area contributed by atoms with Gasteiger partial charge in [-0.25, -0.2) is 4.39 Å². The van der Waals surface area contributed by atoms with Gasteiger partial charge in [0.25, 0.3) is 0 Å². The normalized spacial score (nSPS) is 12.1. The Bertz CT molecular complexity index is 785. The van der Waals surface area contributed by atoms with Gasteiger partial charge in [0, 0.05) is 6.08 Å². The van der Waals surface area contributed by atoms with Gasteiger partial charge < -0.3 is 14.5 Å². The monoisotopic (exact) mass is 334 g/mol. The molecule has 1 aromatic carbocycles. The standard InChI is InChI=1S/C16H15FN2O5/c1-10(11-3-6-14(23-2)13(17)9-11)18-15(20)7-4-12-5-8-16(24-12)19(21)22/h3-10H,1-2H3,(H,18,20)/b7-4+/t10-/m1/s1. The number of carbonyl (C=O) groups is 1. The summed E-state index contributed by atoms with van der Waals surface area (Å²) < 4.78 is 23.4. The Kier molecular flexibility index (Phi) is 5.31. The molecule has 1 heterocycles. The molecule has 0 saturated heterocycles. The Morgan fingerprint density at radius 2 is 2.17 bits per heavy atom. The van der Waals surface area contributed by atoms with E-state index in [-0.39, 0.29) is 11.5 Å². The SMILES string of the molecule is COc1ccc([C@@H](C)NC(=O)/C=C/c2ccc([N+](=O)[O-])o2)cc1F. The minimum absolute atomic E-state index is 0.122. The molecule has 2 aromatic rings. The van der Waals surface area contributed by atoms with E-state index >= 15 is 0 Å². The van der Waals surface area contributed by atoms with Crippen LogP contribution in [-0.4, -0.2) is 17.9 Å². The van der Waals surface area contributed by atoms with E-state index in [1.165, 1.54) is 43.5 Å². The van der Waals surface area contributed by atoms with Gasteiger partial charge in [-0.2, -0.15) is 0 Å². The van der Waals surface area contributed by atoms with Crippen molar-refractivity contribution >= 4 is 17.9 Å². The maximum absolute atomic E-state index is 13.7. The second kappa shape index (κ2) is 7.40. The summed E-state index contributed by atoms with van der Waals surface area (Å²) in [6.45, 7) is 1.70. The smallest absolute Gasteiger partial charge is 0.433 e. The predicted octanol–water partition coefficient (Wildman–Crippen LogP) is 3.23. The number of nitrogens with one attached hydrogen (secondary N) is 1. The number of amides is 1. The molecule has 0 aliphatic rings. The van der Waals surface area contributed by atoms with Crippen molar-refractivity contribution in [3.05, 3.63) is 63.7 Å². The Morgan fingerprint density at radius 3 is 2.75 bits per heavy atom. The van der Waals surface area contributed by atoms with Crippen molar-refractivity contribution in [2.24, 2.45) is 0 Å². The van der Waals surface area contributed by atoms with E-state index in [9.17, 15) is 19.3 Å². The minimum Gasteiger partial charge on any atom is -0.494 e. The number of ether oxygens (including phenoxy) is 1. The highest BCUT2D eigenvalue weighted by molar-refractivity contribution is 5.91. The molecule has 1 N–H and O–H groups in total. The van der Waals surface area contributed by atoms with E-state index in [1.54, 1.807) is 13.0 Å². The lowest BCUT2D eigenvalue weighted by Gasteiger charge is -2.14. The van der Waals surface area contributed by atoms with Crippen molar-refractivity contribution in [2.45, 2.75) is 13.0 Å². The fraction of sp³-hybridized carbons (Fsp3) is 0.188. The highest BCUT2D eigenvalue weighted by atomic mass is 19.1. The zero-order valence-electron chi connectivity index (χ0n) is 13.0. The molecule has 0 unspecified atom stereocenters. The molecule has 0 spiro atoms. The quantitative estimate of drug-likeness (QED) is 0.497. The third-order valence-corrected chi connectivity index (χ3v) is 3.23. The van der Waals surface area contributed by atoms with Gasteiger partial charge in [-0.05, 0) is 36.8 Å². The fourth-order valence-electron chi connectivity index (χ4n) is 1.98.